The van der Waals surface area contributed by atoms with Crippen LogP contribution >= 0.6 is 22.9 Å². The minimum absolute atomic E-state index is 0.00342. The molecule has 0 saturated carbocycles. The summed E-state index contributed by atoms with van der Waals surface area (Å²) < 4.78 is 32.5. The van der Waals surface area contributed by atoms with E-state index < -0.39 is 11.6 Å². The number of halogens is 3. The first kappa shape index (κ1) is 13.3. The minimum Gasteiger partial charge on any atom is -0.483 e. The predicted molar refractivity (Wildman–Crippen MR) is 75.3 cm³/mol. The fourth-order valence-electron chi connectivity index (χ4n) is 1.74. The van der Waals surface area contributed by atoms with Gasteiger partial charge in [0, 0.05) is 11.1 Å². The Kier molecular flexibility index (Phi) is 3.54. The van der Waals surface area contributed by atoms with Gasteiger partial charge in [0.2, 0.25) is 0 Å². The van der Waals surface area contributed by atoms with Crippen LogP contribution in [-0.2, 0) is 6.61 Å². The summed E-state index contributed by atoms with van der Waals surface area (Å²) in [6, 6.07) is 8.61. The van der Waals surface area contributed by atoms with Crippen LogP contribution in [0.2, 0.25) is 5.02 Å². The zero-order valence-electron chi connectivity index (χ0n) is 10.1. The fraction of sp³-hybridized carbons (Fsp3) is 0.0714. The van der Waals surface area contributed by atoms with Gasteiger partial charge in [-0.15, -0.1) is 11.3 Å². The second kappa shape index (κ2) is 5.34. The third kappa shape index (κ3) is 2.73. The van der Waals surface area contributed by atoms with Crippen molar-refractivity contribution in [2.75, 3.05) is 0 Å². The smallest absolute Gasteiger partial charge is 0.167 e. The molecular formula is C14H8ClF2NOS. The Morgan fingerprint density at radius 2 is 2.00 bits per heavy atom. The highest BCUT2D eigenvalue weighted by Gasteiger charge is 2.08. The Labute approximate surface area is 122 Å². The lowest BCUT2D eigenvalue weighted by Gasteiger charge is -2.04. The number of benzene rings is 2. The second-order valence-electron chi connectivity index (χ2n) is 4.08. The van der Waals surface area contributed by atoms with E-state index in [9.17, 15) is 8.78 Å². The Morgan fingerprint density at radius 3 is 2.80 bits per heavy atom. The maximum Gasteiger partial charge on any atom is 0.167 e. The molecule has 0 fully saturated rings. The SMILES string of the molecule is Fc1ccc(OCc2nc3cc(Cl)ccc3s2)c(F)c1. The van der Waals surface area contributed by atoms with E-state index >= 15 is 0 Å². The van der Waals surface area contributed by atoms with E-state index in [1.807, 2.05) is 6.07 Å². The summed E-state index contributed by atoms with van der Waals surface area (Å²) in [5.74, 6) is -1.36. The molecule has 6 heteroatoms. The Balaban J connectivity index is 1.79. The predicted octanol–water partition coefficient (Wildman–Crippen LogP) is 4.81. The van der Waals surface area contributed by atoms with Crippen molar-refractivity contribution in [3.8, 4) is 5.75 Å². The molecule has 0 unspecified atom stereocenters. The summed E-state index contributed by atoms with van der Waals surface area (Å²) in [5.41, 5.74) is 0.778. The van der Waals surface area contributed by atoms with Crippen molar-refractivity contribution < 1.29 is 13.5 Å². The maximum atomic E-state index is 13.4. The van der Waals surface area contributed by atoms with Gasteiger partial charge in [-0.1, -0.05) is 11.6 Å². The zero-order chi connectivity index (χ0) is 14.1. The molecule has 0 aliphatic rings. The van der Waals surface area contributed by atoms with Crippen molar-refractivity contribution in [2.24, 2.45) is 0 Å². The van der Waals surface area contributed by atoms with E-state index in [1.54, 1.807) is 12.1 Å². The summed E-state index contributed by atoms with van der Waals surface area (Å²) >= 11 is 7.33. The van der Waals surface area contributed by atoms with Crippen molar-refractivity contribution in [1.29, 1.82) is 0 Å². The summed E-state index contributed by atoms with van der Waals surface area (Å²) in [4.78, 5) is 4.35. The largest absolute Gasteiger partial charge is 0.483 e. The first-order valence-electron chi connectivity index (χ1n) is 5.74. The first-order valence-corrected chi connectivity index (χ1v) is 6.94. The summed E-state index contributed by atoms with van der Waals surface area (Å²) in [5, 5.41) is 1.31. The van der Waals surface area contributed by atoms with Gasteiger partial charge in [-0.3, -0.25) is 0 Å². The summed E-state index contributed by atoms with van der Waals surface area (Å²) in [7, 11) is 0. The maximum absolute atomic E-state index is 13.4. The molecule has 0 aliphatic heterocycles. The monoisotopic (exact) mass is 311 g/mol. The number of thiazole rings is 1. The lowest BCUT2D eigenvalue weighted by atomic mass is 10.3. The molecule has 20 heavy (non-hydrogen) atoms. The molecule has 0 amide bonds. The number of nitrogens with zero attached hydrogens (tertiary/aromatic N) is 1. The molecule has 0 radical (unpaired) electrons. The molecule has 2 aromatic carbocycles. The van der Waals surface area contributed by atoms with Crippen molar-refractivity contribution in [3.63, 3.8) is 0 Å². The quantitative estimate of drug-likeness (QED) is 0.692. The third-order valence-electron chi connectivity index (χ3n) is 2.64. The molecule has 2 nitrogen and oxygen atoms in total. The van der Waals surface area contributed by atoms with Gasteiger partial charge in [0.15, 0.2) is 11.6 Å². The van der Waals surface area contributed by atoms with Crippen LogP contribution < -0.4 is 4.74 Å². The van der Waals surface area contributed by atoms with Crippen molar-refractivity contribution in [1.82, 2.24) is 4.98 Å². The van der Waals surface area contributed by atoms with Crippen LogP contribution in [-0.4, -0.2) is 4.98 Å². The highest BCUT2D eigenvalue weighted by atomic mass is 35.5. The Hall–Kier alpha value is -1.72. The molecule has 102 valence electrons. The molecule has 0 saturated heterocycles. The van der Waals surface area contributed by atoms with Gasteiger partial charge in [-0.05, 0) is 30.3 Å². The Morgan fingerprint density at radius 1 is 1.15 bits per heavy atom. The minimum atomic E-state index is -0.728. The van der Waals surface area contributed by atoms with Crippen LogP contribution in [0.15, 0.2) is 36.4 Å². The summed E-state index contributed by atoms with van der Waals surface area (Å²) in [6.45, 7) is 0.125. The van der Waals surface area contributed by atoms with Gasteiger partial charge in [0.1, 0.15) is 17.4 Å². The average Bonchev–Trinajstić information content (AvgIpc) is 2.79. The standard InChI is InChI=1S/C14H8ClF2NOS/c15-8-1-4-13-11(5-8)18-14(20-13)7-19-12-3-2-9(16)6-10(12)17/h1-6H,7H2. The van der Waals surface area contributed by atoms with Gasteiger partial charge < -0.3 is 4.74 Å². The lowest BCUT2D eigenvalue weighted by molar-refractivity contribution is 0.289. The molecule has 1 heterocycles. The average molecular weight is 312 g/mol. The van der Waals surface area contributed by atoms with Crippen molar-refractivity contribution >= 4 is 33.2 Å². The highest BCUT2D eigenvalue weighted by molar-refractivity contribution is 7.18. The molecule has 0 N–H and O–H groups in total. The van der Waals surface area contributed by atoms with Crippen molar-refractivity contribution in [2.45, 2.75) is 6.61 Å². The number of hydrogen-bond donors (Lipinski definition) is 0. The van der Waals surface area contributed by atoms with E-state index in [0.29, 0.717) is 10.0 Å². The van der Waals surface area contributed by atoms with Gasteiger partial charge in [0.25, 0.3) is 0 Å². The van der Waals surface area contributed by atoms with Gasteiger partial charge in [0.05, 0.1) is 10.2 Å². The lowest BCUT2D eigenvalue weighted by Crippen LogP contribution is -1.97. The van der Waals surface area contributed by atoms with Crippen LogP contribution in [0.25, 0.3) is 10.2 Å². The number of ether oxygens (including phenoxy) is 1. The molecule has 0 spiro atoms. The number of aromatic nitrogens is 1. The molecule has 0 aliphatic carbocycles. The van der Waals surface area contributed by atoms with Crippen LogP contribution in [0.1, 0.15) is 5.01 Å². The highest BCUT2D eigenvalue weighted by Crippen LogP contribution is 2.26. The first-order chi connectivity index (χ1) is 9.61. The van der Waals surface area contributed by atoms with Crippen molar-refractivity contribution in [3.05, 3.63) is 58.1 Å². The van der Waals surface area contributed by atoms with E-state index in [1.165, 1.54) is 17.4 Å². The molecule has 0 atom stereocenters. The molecule has 3 rings (SSSR count). The molecule has 3 aromatic rings. The van der Waals surface area contributed by atoms with E-state index in [2.05, 4.69) is 4.98 Å². The van der Waals surface area contributed by atoms with Crippen LogP contribution in [0.4, 0.5) is 8.78 Å². The Bertz CT molecular complexity index is 775. The fourth-order valence-corrected chi connectivity index (χ4v) is 2.77. The number of fused-ring (bicyclic) bond motifs is 1. The van der Waals surface area contributed by atoms with Crippen LogP contribution in [0.5, 0.6) is 5.75 Å². The topological polar surface area (TPSA) is 22.1 Å². The van der Waals surface area contributed by atoms with E-state index in [-0.39, 0.29) is 12.4 Å². The van der Waals surface area contributed by atoms with E-state index in [0.717, 1.165) is 22.3 Å². The number of hydrogen-bond acceptors (Lipinski definition) is 3. The molecule has 1 aromatic heterocycles. The second-order valence-corrected chi connectivity index (χ2v) is 5.63. The normalized spacial score (nSPS) is 10.9. The van der Waals surface area contributed by atoms with Gasteiger partial charge >= 0.3 is 0 Å². The number of rotatable bonds is 3. The zero-order valence-corrected chi connectivity index (χ0v) is 11.6. The molecular weight excluding hydrogens is 304 g/mol. The van der Waals surface area contributed by atoms with E-state index in [4.69, 9.17) is 16.3 Å². The third-order valence-corrected chi connectivity index (χ3v) is 3.88. The summed E-state index contributed by atoms with van der Waals surface area (Å²) in [6.07, 6.45) is 0. The van der Waals surface area contributed by atoms with Gasteiger partial charge in [-0.2, -0.15) is 0 Å². The van der Waals surface area contributed by atoms with Crippen LogP contribution in [0.3, 0.4) is 0 Å². The van der Waals surface area contributed by atoms with Gasteiger partial charge in [-0.25, -0.2) is 13.8 Å². The van der Waals surface area contributed by atoms with Crippen LogP contribution in [0, 0.1) is 11.6 Å². The molecule has 0 bridgehead atoms.